The fraction of sp³-hybridized carbons (Fsp3) is 0.708. The average molecular weight is 402 g/mol. The fourth-order valence-corrected chi connectivity index (χ4v) is 4.72. The van der Waals surface area contributed by atoms with Crippen molar-refractivity contribution in [3.8, 4) is 0 Å². The number of nitrogens with one attached hydrogen (secondary N) is 1. The number of hydrogen-bond acceptors (Lipinski definition) is 4. The van der Waals surface area contributed by atoms with Crippen molar-refractivity contribution in [1.29, 1.82) is 0 Å². The van der Waals surface area contributed by atoms with Gasteiger partial charge in [0.25, 0.3) is 0 Å². The number of amides is 1. The van der Waals surface area contributed by atoms with E-state index in [2.05, 4.69) is 46.3 Å². The third-order valence-electron chi connectivity index (χ3n) is 6.96. The van der Waals surface area contributed by atoms with Crippen LogP contribution in [0.1, 0.15) is 50.7 Å². The normalized spacial score (nSPS) is 21.4. The predicted molar refractivity (Wildman–Crippen MR) is 118 cm³/mol. The van der Waals surface area contributed by atoms with Crippen molar-refractivity contribution in [2.24, 2.45) is 11.8 Å². The Morgan fingerprint density at radius 1 is 1.10 bits per heavy atom. The molecule has 5 heteroatoms. The number of aryl methyl sites for hydroxylation is 1. The van der Waals surface area contributed by atoms with E-state index in [1.807, 2.05) is 13.8 Å². The minimum Gasteiger partial charge on any atom is -0.394 e. The van der Waals surface area contributed by atoms with Crippen molar-refractivity contribution in [2.45, 2.75) is 65.1 Å². The van der Waals surface area contributed by atoms with Crippen molar-refractivity contribution < 1.29 is 9.90 Å². The molecule has 2 aliphatic rings. The molecule has 0 unspecified atom stereocenters. The number of carbonyl (C=O) groups is 1. The van der Waals surface area contributed by atoms with E-state index < -0.39 is 0 Å². The first-order valence-electron chi connectivity index (χ1n) is 11.4. The molecule has 0 spiro atoms. The lowest BCUT2D eigenvalue weighted by Crippen LogP contribution is -2.50. The monoisotopic (exact) mass is 401 g/mol. The first kappa shape index (κ1) is 22.3. The van der Waals surface area contributed by atoms with E-state index in [1.54, 1.807) is 0 Å². The Balaban J connectivity index is 1.41. The van der Waals surface area contributed by atoms with E-state index in [1.165, 1.54) is 24.0 Å². The Morgan fingerprint density at radius 3 is 2.34 bits per heavy atom. The molecule has 1 aromatic rings. The largest absolute Gasteiger partial charge is 0.394 e. The topological polar surface area (TPSA) is 55.8 Å². The predicted octanol–water partition coefficient (Wildman–Crippen LogP) is 2.80. The zero-order chi connectivity index (χ0) is 20.8. The third kappa shape index (κ3) is 6.03. The van der Waals surface area contributed by atoms with Crippen LogP contribution in [0.25, 0.3) is 0 Å². The number of carbonyl (C=O) groups excluding carboxylic acids is 1. The first-order chi connectivity index (χ1) is 14.0. The van der Waals surface area contributed by atoms with Crippen LogP contribution >= 0.6 is 0 Å². The van der Waals surface area contributed by atoms with Crippen LogP contribution in [-0.2, 0) is 11.3 Å². The summed E-state index contributed by atoms with van der Waals surface area (Å²) in [4.78, 5) is 17.7. The van der Waals surface area contributed by atoms with Gasteiger partial charge in [-0.15, -0.1) is 0 Å². The molecular weight excluding hydrogens is 362 g/mol. The molecule has 0 radical (unpaired) electrons. The van der Waals surface area contributed by atoms with Crippen molar-refractivity contribution >= 4 is 5.91 Å². The molecule has 2 heterocycles. The van der Waals surface area contributed by atoms with Gasteiger partial charge in [0.15, 0.2) is 0 Å². The summed E-state index contributed by atoms with van der Waals surface area (Å²) in [5.41, 5.74) is 2.83. The van der Waals surface area contributed by atoms with Crippen LogP contribution in [0, 0.1) is 18.8 Å². The number of aliphatic hydroxyl groups is 1. The second-order valence-electron chi connectivity index (χ2n) is 9.29. The number of likely N-dealkylation sites (tertiary alicyclic amines) is 2. The molecule has 2 aliphatic heterocycles. The molecule has 1 atom stereocenters. The molecule has 2 N–H and O–H groups in total. The summed E-state index contributed by atoms with van der Waals surface area (Å²) in [5, 5.41) is 12.5. The highest BCUT2D eigenvalue weighted by molar-refractivity contribution is 5.79. The van der Waals surface area contributed by atoms with Gasteiger partial charge in [-0.1, -0.05) is 38.1 Å². The summed E-state index contributed by atoms with van der Waals surface area (Å²) in [5.74, 6) is 0.486. The van der Waals surface area contributed by atoms with E-state index in [4.69, 9.17) is 0 Å². The van der Waals surface area contributed by atoms with Crippen LogP contribution < -0.4 is 5.32 Å². The van der Waals surface area contributed by atoms with Crippen LogP contribution in [0.2, 0.25) is 0 Å². The summed E-state index contributed by atoms with van der Waals surface area (Å²) in [6.45, 7) is 11.7. The maximum absolute atomic E-state index is 12.6. The van der Waals surface area contributed by atoms with Gasteiger partial charge in [-0.3, -0.25) is 9.69 Å². The summed E-state index contributed by atoms with van der Waals surface area (Å²) < 4.78 is 0. The molecule has 1 amide bonds. The Hall–Kier alpha value is -1.43. The van der Waals surface area contributed by atoms with Gasteiger partial charge in [0.05, 0.1) is 12.6 Å². The minimum absolute atomic E-state index is 0.0172. The summed E-state index contributed by atoms with van der Waals surface area (Å²) in [7, 11) is 0. The number of nitrogens with zero attached hydrogens (tertiary/aromatic N) is 2. The van der Waals surface area contributed by atoms with Gasteiger partial charge in [0.2, 0.25) is 5.91 Å². The maximum atomic E-state index is 12.6. The highest BCUT2D eigenvalue weighted by Gasteiger charge is 2.31. The molecular formula is C24H39N3O2. The lowest BCUT2D eigenvalue weighted by molar-refractivity contribution is -0.128. The second-order valence-corrected chi connectivity index (χ2v) is 9.29. The highest BCUT2D eigenvalue weighted by atomic mass is 16.3. The quantitative estimate of drug-likeness (QED) is 0.738. The van der Waals surface area contributed by atoms with Crippen molar-refractivity contribution in [2.75, 3.05) is 32.8 Å². The van der Waals surface area contributed by atoms with Crippen molar-refractivity contribution in [3.63, 3.8) is 0 Å². The van der Waals surface area contributed by atoms with E-state index in [-0.39, 0.29) is 30.4 Å². The molecule has 0 aromatic heterocycles. The van der Waals surface area contributed by atoms with E-state index >= 15 is 0 Å². The number of rotatable bonds is 7. The molecule has 0 bridgehead atoms. The highest BCUT2D eigenvalue weighted by Crippen LogP contribution is 2.25. The van der Waals surface area contributed by atoms with Gasteiger partial charge in [-0.2, -0.15) is 0 Å². The Morgan fingerprint density at radius 2 is 1.76 bits per heavy atom. The SMILES string of the molecule is Cc1ccccc1CN1CCC(N2CCC(C(=O)N[C@@H](CO)C(C)C)CC2)CC1. The Kier molecular flexibility index (Phi) is 8.10. The molecule has 0 saturated carbocycles. The molecule has 2 saturated heterocycles. The van der Waals surface area contributed by atoms with E-state index in [0.717, 1.165) is 45.6 Å². The lowest BCUT2D eigenvalue weighted by atomic mass is 9.92. The number of aliphatic hydroxyl groups excluding tert-OH is 1. The number of piperidine rings is 2. The number of benzene rings is 1. The van der Waals surface area contributed by atoms with Crippen LogP contribution in [0.15, 0.2) is 24.3 Å². The molecule has 1 aromatic carbocycles. The molecule has 2 fully saturated rings. The maximum Gasteiger partial charge on any atom is 0.223 e. The van der Waals surface area contributed by atoms with Gasteiger partial charge >= 0.3 is 0 Å². The molecule has 3 rings (SSSR count). The first-order valence-corrected chi connectivity index (χ1v) is 11.4. The van der Waals surface area contributed by atoms with Crippen LogP contribution in [0.5, 0.6) is 0 Å². The van der Waals surface area contributed by atoms with Gasteiger partial charge in [-0.05, 0) is 75.8 Å². The standard InChI is InChI=1S/C24H39N3O2/c1-18(2)23(17-28)25-24(29)20-8-14-27(15-9-20)22-10-12-26(13-11-22)16-21-7-5-4-6-19(21)3/h4-7,18,20,22-23,28H,8-17H2,1-3H3,(H,25,29)/t23-/m0/s1. The van der Waals surface area contributed by atoms with E-state index in [0.29, 0.717) is 6.04 Å². The fourth-order valence-electron chi connectivity index (χ4n) is 4.72. The molecule has 0 aliphatic carbocycles. The van der Waals surface area contributed by atoms with E-state index in [9.17, 15) is 9.90 Å². The Labute approximate surface area is 176 Å². The zero-order valence-electron chi connectivity index (χ0n) is 18.4. The molecule has 29 heavy (non-hydrogen) atoms. The van der Waals surface area contributed by atoms with Crippen molar-refractivity contribution in [3.05, 3.63) is 35.4 Å². The minimum atomic E-state index is -0.127. The Bertz CT molecular complexity index is 647. The third-order valence-corrected chi connectivity index (χ3v) is 6.96. The van der Waals surface area contributed by atoms with Crippen LogP contribution in [0.4, 0.5) is 0 Å². The number of hydrogen-bond donors (Lipinski definition) is 2. The average Bonchev–Trinajstić information content (AvgIpc) is 2.74. The summed E-state index contributed by atoms with van der Waals surface area (Å²) in [6, 6.07) is 9.23. The van der Waals surface area contributed by atoms with Gasteiger partial charge in [0.1, 0.15) is 0 Å². The van der Waals surface area contributed by atoms with Crippen molar-refractivity contribution in [1.82, 2.24) is 15.1 Å². The molecule has 162 valence electrons. The van der Waals surface area contributed by atoms with Crippen LogP contribution in [0.3, 0.4) is 0 Å². The smallest absolute Gasteiger partial charge is 0.223 e. The lowest BCUT2D eigenvalue weighted by Gasteiger charge is -2.41. The summed E-state index contributed by atoms with van der Waals surface area (Å²) in [6.07, 6.45) is 4.32. The second kappa shape index (κ2) is 10.6. The van der Waals surface area contributed by atoms with Gasteiger partial charge in [-0.25, -0.2) is 0 Å². The summed E-state index contributed by atoms with van der Waals surface area (Å²) >= 11 is 0. The zero-order valence-corrected chi connectivity index (χ0v) is 18.4. The van der Waals surface area contributed by atoms with Crippen LogP contribution in [-0.4, -0.2) is 65.7 Å². The van der Waals surface area contributed by atoms with Gasteiger partial charge in [0, 0.05) is 18.5 Å². The van der Waals surface area contributed by atoms with Gasteiger partial charge < -0.3 is 15.3 Å². The molecule has 5 nitrogen and oxygen atoms in total.